The van der Waals surface area contributed by atoms with Crippen LogP contribution in [0, 0.1) is 20.8 Å². The molecule has 0 spiro atoms. The summed E-state index contributed by atoms with van der Waals surface area (Å²) in [4.78, 5) is 24.1. The summed E-state index contributed by atoms with van der Waals surface area (Å²) in [6, 6.07) is 16.4. The van der Waals surface area contributed by atoms with E-state index in [2.05, 4.69) is 5.32 Å². The minimum Gasteiger partial charge on any atom is -0.493 e. The first-order valence-electron chi connectivity index (χ1n) is 11.2. The lowest BCUT2D eigenvalue weighted by Gasteiger charge is -2.12. The third kappa shape index (κ3) is 7.26. The number of amides is 1. The fraction of sp³-hybridized carbons (Fsp3) is 0.214. The molecule has 8 heteroatoms. The van der Waals surface area contributed by atoms with Gasteiger partial charge in [-0.05, 0) is 73.4 Å². The summed E-state index contributed by atoms with van der Waals surface area (Å²) in [5.41, 5.74) is 4.01. The number of ether oxygens (including phenoxy) is 3. The van der Waals surface area contributed by atoms with Crippen molar-refractivity contribution in [3.05, 3.63) is 93.1 Å². The van der Waals surface area contributed by atoms with Crippen LogP contribution in [-0.2, 0) is 16.2 Å². The van der Waals surface area contributed by atoms with Crippen molar-refractivity contribution in [3.8, 4) is 17.2 Å². The van der Waals surface area contributed by atoms with Crippen molar-refractivity contribution < 1.29 is 28.9 Å². The molecule has 0 saturated carbocycles. The fourth-order valence-electron chi connectivity index (χ4n) is 3.38. The van der Waals surface area contributed by atoms with E-state index in [9.17, 15) is 14.7 Å². The summed E-state index contributed by atoms with van der Waals surface area (Å²) in [5, 5.41) is 12.6. The van der Waals surface area contributed by atoms with Gasteiger partial charge >= 0.3 is 5.97 Å². The monoisotopic (exact) mass is 509 g/mol. The number of benzene rings is 3. The Hall–Kier alpha value is -3.97. The second kappa shape index (κ2) is 12.1. The molecule has 0 aliphatic rings. The molecule has 3 aromatic carbocycles. The van der Waals surface area contributed by atoms with Crippen molar-refractivity contribution in [2.24, 2.45) is 0 Å². The van der Waals surface area contributed by atoms with Crippen LogP contribution in [0.15, 0.2) is 60.3 Å². The highest BCUT2D eigenvalue weighted by molar-refractivity contribution is 6.32. The Labute approximate surface area is 215 Å². The molecule has 0 heterocycles. The lowest BCUT2D eigenvalue weighted by atomic mass is 10.1. The summed E-state index contributed by atoms with van der Waals surface area (Å²) in [5.74, 6) is -0.489. The number of halogens is 1. The molecule has 0 atom stereocenters. The van der Waals surface area contributed by atoms with Gasteiger partial charge in [-0.2, -0.15) is 0 Å². The molecule has 3 aromatic rings. The lowest BCUT2D eigenvalue weighted by Crippen LogP contribution is -2.31. The van der Waals surface area contributed by atoms with Gasteiger partial charge in [-0.15, -0.1) is 0 Å². The van der Waals surface area contributed by atoms with Crippen LogP contribution in [0.1, 0.15) is 27.8 Å². The number of aryl methyl sites for hydroxylation is 3. The van der Waals surface area contributed by atoms with Gasteiger partial charge in [0, 0.05) is 5.02 Å². The number of nitrogens with one attached hydrogen (secondary N) is 1. The minimum absolute atomic E-state index is 0.303. The molecular formula is C28H28ClNO6. The summed E-state index contributed by atoms with van der Waals surface area (Å²) in [7, 11) is 1.50. The molecule has 188 valence electrons. The molecule has 0 radical (unpaired) electrons. The average Bonchev–Trinajstić information content (AvgIpc) is 2.85. The Morgan fingerprint density at radius 1 is 0.944 bits per heavy atom. The highest BCUT2D eigenvalue weighted by Gasteiger charge is 2.14. The van der Waals surface area contributed by atoms with E-state index in [0.717, 1.165) is 22.3 Å². The van der Waals surface area contributed by atoms with Gasteiger partial charge in [-0.3, -0.25) is 4.79 Å². The van der Waals surface area contributed by atoms with Crippen molar-refractivity contribution in [2.45, 2.75) is 27.4 Å². The van der Waals surface area contributed by atoms with E-state index in [1.54, 1.807) is 30.3 Å². The number of carboxylic acid groups (broad SMARTS) is 1. The predicted molar refractivity (Wildman–Crippen MR) is 139 cm³/mol. The van der Waals surface area contributed by atoms with Crippen molar-refractivity contribution in [3.63, 3.8) is 0 Å². The van der Waals surface area contributed by atoms with Crippen molar-refractivity contribution in [1.82, 2.24) is 5.32 Å². The molecule has 1 amide bonds. The summed E-state index contributed by atoms with van der Waals surface area (Å²) < 4.78 is 16.8. The molecule has 3 rings (SSSR count). The maximum absolute atomic E-state index is 12.4. The van der Waals surface area contributed by atoms with Gasteiger partial charge < -0.3 is 24.6 Å². The van der Waals surface area contributed by atoms with Crippen LogP contribution in [0.3, 0.4) is 0 Å². The number of carboxylic acids is 1. The highest BCUT2D eigenvalue weighted by atomic mass is 35.5. The van der Waals surface area contributed by atoms with Crippen LogP contribution >= 0.6 is 11.6 Å². The molecular weight excluding hydrogens is 482 g/mol. The van der Waals surface area contributed by atoms with Crippen molar-refractivity contribution in [2.75, 3.05) is 13.7 Å². The van der Waals surface area contributed by atoms with Crippen molar-refractivity contribution in [1.29, 1.82) is 0 Å². The van der Waals surface area contributed by atoms with Crippen LogP contribution in [0.5, 0.6) is 17.2 Å². The van der Waals surface area contributed by atoms with Gasteiger partial charge in [0.2, 0.25) is 0 Å². The molecule has 0 fully saturated rings. The van der Waals surface area contributed by atoms with E-state index in [-0.39, 0.29) is 12.3 Å². The second-order valence-electron chi connectivity index (χ2n) is 8.26. The van der Waals surface area contributed by atoms with Gasteiger partial charge in [0.1, 0.15) is 18.1 Å². The number of rotatable bonds is 10. The van der Waals surface area contributed by atoms with Crippen LogP contribution in [-0.4, -0.2) is 30.7 Å². The minimum atomic E-state index is -1.29. The Bertz CT molecular complexity index is 1260. The van der Waals surface area contributed by atoms with Crippen LogP contribution in [0.4, 0.5) is 0 Å². The van der Waals surface area contributed by atoms with E-state index in [1.807, 2.05) is 45.0 Å². The maximum atomic E-state index is 12.4. The Balaban J connectivity index is 1.67. The Morgan fingerprint density at radius 2 is 1.61 bits per heavy atom. The zero-order valence-electron chi connectivity index (χ0n) is 20.6. The zero-order valence-corrected chi connectivity index (χ0v) is 21.3. The van der Waals surface area contributed by atoms with Gasteiger partial charge in [0.15, 0.2) is 18.1 Å². The predicted octanol–water partition coefficient (Wildman–Crippen LogP) is 5.47. The smallest absolute Gasteiger partial charge is 0.352 e. The highest BCUT2D eigenvalue weighted by Crippen LogP contribution is 2.30. The Kier molecular flexibility index (Phi) is 8.97. The SMILES string of the molecule is COc1cc(/C=C(/NC(=O)COc2cc(C)c(Cl)c(C)c2)C(=O)O)ccc1OCc1ccc(C)cc1. The third-order valence-corrected chi connectivity index (χ3v) is 5.89. The van der Waals surface area contributed by atoms with Crippen LogP contribution in [0.25, 0.3) is 6.08 Å². The summed E-state index contributed by atoms with van der Waals surface area (Å²) in [6.45, 7) is 5.68. The van der Waals surface area contributed by atoms with Crippen LogP contribution in [0.2, 0.25) is 5.02 Å². The van der Waals surface area contributed by atoms with E-state index in [1.165, 1.54) is 13.2 Å². The summed E-state index contributed by atoms with van der Waals surface area (Å²) in [6.07, 6.45) is 1.34. The molecule has 0 aliphatic heterocycles. The van der Waals surface area contributed by atoms with Gasteiger partial charge in [-0.1, -0.05) is 47.5 Å². The Morgan fingerprint density at radius 3 is 2.22 bits per heavy atom. The zero-order chi connectivity index (χ0) is 26.2. The van der Waals surface area contributed by atoms with E-state index >= 15 is 0 Å². The van der Waals surface area contributed by atoms with Gasteiger partial charge in [0.25, 0.3) is 5.91 Å². The second-order valence-corrected chi connectivity index (χ2v) is 8.63. The number of aliphatic carboxylic acids is 1. The number of carbonyl (C=O) groups excluding carboxylic acids is 1. The molecule has 0 aliphatic carbocycles. The van der Waals surface area contributed by atoms with Gasteiger partial charge in [-0.25, -0.2) is 4.79 Å². The number of hydrogen-bond acceptors (Lipinski definition) is 5. The molecule has 0 saturated heterocycles. The average molecular weight is 510 g/mol. The quantitative estimate of drug-likeness (QED) is 0.352. The standard InChI is InChI=1S/C28H28ClNO6/c1-17-5-7-20(8-6-17)15-36-24-10-9-21(14-25(24)34-4)13-23(28(32)33)30-26(31)16-35-22-11-18(2)27(29)19(3)12-22/h5-14H,15-16H2,1-4H3,(H,30,31)(H,32,33)/b23-13+. The van der Waals surface area contributed by atoms with Gasteiger partial charge in [0.05, 0.1) is 7.11 Å². The van der Waals surface area contributed by atoms with E-state index in [0.29, 0.717) is 34.4 Å². The largest absolute Gasteiger partial charge is 0.493 e. The maximum Gasteiger partial charge on any atom is 0.352 e. The normalized spacial score (nSPS) is 11.1. The van der Waals surface area contributed by atoms with E-state index in [4.69, 9.17) is 25.8 Å². The molecule has 2 N–H and O–H groups in total. The third-order valence-electron chi connectivity index (χ3n) is 5.30. The molecule has 36 heavy (non-hydrogen) atoms. The summed E-state index contributed by atoms with van der Waals surface area (Å²) >= 11 is 6.15. The molecule has 0 bridgehead atoms. The first-order chi connectivity index (χ1) is 17.2. The lowest BCUT2D eigenvalue weighted by molar-refractivity contribution is -0.134. The fourth-order valence-corrected chi connectivity index (χ4v) is 3.49. The molecule has 7 nitrogen and oxygen atoms in total. The van der Waals surface area contributed by atoms with E-state index < -0.39 is 11.9 Å². The van der Waals surface area contributed by atoms with Crippen LogP contribution < -0.4 is 19.5 Å². The first kappa shape index (κ1) is 26.6. The number of hydrogen-bond donors (Lipinski definition) is 2. The topological polar surface area (TPSA) is 94.1 Å². The molecule has 0 aromatic heterocycles. The van der Waals surface area contributed by atoms with Crippen molar-refractivity contribution >= 4 is 29.6 Å². The number of carbonyl (C=O) groups is 2. The first-order valence-corrected chi connectivity index (χ1v) is 11.5. The molecule has 0 unspecified atom stereocenters. The number of methoxy groups -OCH3 is 1.